The molecule has 5 rings (SSSR count). The highest BCUT2D eigenvalue weighted by Crippen LogP contribution is 2.37. The molecule has 0 aliphatic carbocycles. The quantitative estimate of drug-likeness (QED) is 0.296. The Morgan fingerprint density at radius 2 is 1.37 bits per heavy atom. The number of halogens is 2. The molecule has 1 saturated heterocycles. The molecule has 0 spiro atoms. The zero-order chi connectivity index (χ0) is 24.2. The van der Waals surface area contributed by atoms with Gasteiger partial charge in [-0.2, -0.15) is 4.98 Å². The Labute approximate surface area is 203 Å². The maximum absolute atomic E-state index is 15.2. The minimum atomic E-state index is -0.670. The summed E-state index contributed by atoms with van der Waals surface area (Å²) in [6, 6.07) is 25.1. The van der Waals surface area contributed by atoms with Crippen molar-refractivity contribution in [1.29, 1.82) is 0 Å². The van der Waals surface area contributed by atoms with E-state index in [0.717, 1.165) is 11.1 Å². The van der Waals surface area contributed by atoms with Crippen LogP contribution in [0.3, 0.4) is 0 Å². The van der Waals surface area contributed by atoms with E-state index >= 15 is 8.78 Å². The summed E-state index contributed by atoms with van der Waals surface area (Å²) in [7, 11) is 0. The van der Waals surface area contributed by atoms with Crippen LogP contribution in [-0.2, 0) is 13.2 Å². The Morgan fingerprint density at radius 1 is 0.800 bits per heavy atom. The van der Waals surface area contributed by atoms with Gasteiger partial charge >= 0.3 is 0 Å². The average Bonchev–Trinajstić information content (AvgIpc) is 2.86. The molecule has 1 fully saturated rings. The van der Waals surface area contributed by atoms with Gasteiger partial charge in [-0.15, -0.1) is 0 Å². The SMILES string of the molecule is [CH2]C1CN(c2cc(F)c(-c3ccc(OCc4ccccc4)nc3OCc3ccccc3)c(F)c2)C1. The van der Waals surface area contributed by atoms with Crippen LogP contribution in [0.4, 0.5) is 14.5 Å². The lowest BCUT2D eigenvalue weighted by Crippen LogP contribution is -2.45. The van der Waals surface area contributed by atoms with E-state index in [-0.39, 0.29) is 29.5 Å². The van der Waals surface area contributed by atoms with E-state index in [1.807, 2.05) is 65.6 Å². The van der Waals surface area contributed by atoms with Gasteiger partial charge in [-0.25, -0.2) is 8.78 Å². The summed E-state index contributed by atoms with van der Waals surface area (Å²) in [5, 5.41) is 0. The fourth-order valence-corrected chi connectivity index (χ4v) is 4.04. The van der Waals surface area contributed by atoms with Gasteiger partial charge in [0, 0.05) is 24.8 Å². The van der Waals surface area contributed by atoms with E-state index in [1.54, 1.807) is 12.1 Å². The van der Waals surface area contributed by atoms with Crippen LogP contribution >= 0.6 is 0 Å². The molecular weight excluding hydrogens is 446 g/mol. The number of rotatable bonds is 8. The molecule has 177 valence electrons. The standard InChI is InChI=1S/C29H25F2N2O2/c1-20-16-33(17-20)23-14-25(30)28(26(31)15-23)24-12-13-27(34-18-21-8-4-2-5-9-21)32-29(24)35-19-22-10-6-3-7-11-22/h2-15,20H,1,16-19H2. The first-order chi connectivity index (χ1) is 17.1. The Balaban J connectivity index is 1.45. The van der Waals surface area contributed by atoms with Crippen LogP contribution < -0.4 is 14.4 Å². The number of nitrogens with zero attached hydrogens (tertiary/aromatic N) is 2. The maximum atomic E-state index is 15.2. The number of hydrogen-bond donors (Lipinski definition) is 0. The molecule has 3 aromatic carbocycles. The zero-order valence-corrected chi connectivity index (χ0v) is 19.2. The summed E-state index contributed by atoms with van der Waals surface area (Å²) in [6.07, 6.45) is 0. The van der Waals surface area contributed by atoms with E-state index < -0.39 is 11.6 Å². The van der Waals surface area contributed by atoms with E-state index in [9.17, 15) is 0 Å². The molecule has 6 heteroatoms. The molecule has 1 aliphatic rings. The average molecular weight is 472 g/mol. The van der Waals surface area contributed by atoms with Gasteiger partial charge in [0.1, 0.15) is 24.8 Å². The molecule has 0 N–H and O–H groups in total. The second kappa shape index (κ2) is 10.1. The van der Waals surface area contributed by atoms with E-state index in [0.29, 0.717) is 31.3 Å². The van der Waals surface area contributed by atoms with Crippen LogP contribution in [0.2, 0.25) is 0 Å². The monoisotopic (exact) mass is 471 g/mol. The lowest BCUT2D eigenvalue weighted by molar-refractivity contribution is 0.268. The van der Waals surface area contributed by atoms with Gasteiger partial charge < -0.3 is 14.4 Å². The predicted molar refractivity (Wildman–Crippen MR) is 132 cm³/mol. The van der Waals surface area contributed by atoms with Crippen LogP contribution in [0.5, 0.6) is 11.8 Å². The second-order valence-corrected chi connectivity index (χ2v) is 8.61. The Morgan fingerprint density at radius 3 is 1.94 bits per heavy atom. The first-order valence-corrected chi connectivity index (χ1v) is 11.5. The van der Waals surface area contributed by atoms with Gasteiger partial charge in [-0.05, 0) is 42.2 Å². The number of ether oxygens (including phenoxy) is 2. The summed E-state index contributed by atoms with van der Waals surface area (Å²) in [5.74, 6) is -0.660. The lowest BCUT2D eigenvalue weighted by Gasteiger charge is -2.39. The topological polar surface area (TPSA) is 34.6 Å². The van der Waals surface area contributed by atoms with Gasteiger partial charge in [0.2, 0.25) is 11.8 Å². The van der Waals surface area contributed by atoms with Crippen molar-refractivity contribution in [3.05, 3.63) is 115 Å². The third-order valence-electron chi connectivity index (χ3n) is 5.90. The molecule has 0 saturated carbocycles. The van der Waals surface area contributed by atoms with Crippen molar-refractivity contribution in [3.8, 4) is 22.9 Å². The van der Waals surface area contributed by atoms with Crippen molar-refractivity contribution in [3.63, 3.8) is 0 Å². The summed E-state index contributed by atoms with van der Waals surface area (Å²) >= 11 is 0. The molecule has 4 aromatic rings. The number of hydrogen-bond acceptors (Lipinski definition) is 4. The van der Waals surface area contributed by atoms with E-state index in [4.69, 9.17) is 9.47 Å². The van der Waals surface area contributed by atoms with Gasteiger partial charge in [0.05, 0.1) is 11.1 Å². The lowest BCUT2D eigenvalue weighted by atomic mass is 9.99. The number of benzene rings is 3. The molecule has 1 radical (unpaired) electrons. The molecule has 1 aromatic heterocycles. The molecule has 0 atom stereocenters. The van der Waals surface area contributed by atoms with Crippen molar-refractivity contribution in [2.45, 2.75) is 13.2 Å². The van der Waals surface area contributed by atoms with Crippen molar-refractivity contribution in [2.75, 3.05) is 18.0 Å². The smallest absolute Gasteiger partial charge is 0.225 e. The van der Waals surface area contributed by atoms with E-state index in [2.05, 4.69) is 11.9 Å². The van der Waals surface area contributed by atoms with Crippen LogP contribution in [0, 0.1) is 24.5 Å². The van der Waals surface area contributed by atoms with Gasteiger partial charge in [0.25, 0.3) is 0 Å². The predicted octanol–water partition coefficient (Wildman–Crippen LogP) is 6.46. The van der Waals surface area contributed by atoms with Gasteiger partial charge in [-0.1, -0.05) is 60.7 Å². The summed E-state index contributed by atoms with van der Waals surface area (Å²) in [4.78, 5) is 6.36. The van der Waals surface area contributed by atoms with Gasteiger partial charge in [-0.3, -0.25) is 0 Å². The van der Waals surface area contributed by atoms with Crippen LogP contribution in [0.1, 0.15) is 11.1 Å². The molecule has 0 unspecified atom stereocenters. The number of aromatic nitrogens is 1. The normalized spacial score (nSPS) is 13.4. The molecule has 2 heterocycles. The summed E-state index contributed by atoms with van der Waals surface area (Å²) in [6.45, 7) is 5.83. The Bertz CT molecular complexity index is 1270. The summed E-state index contributed by atoms with van der Waals surface area (Å²) < 4.78 is 42.3. The minimum Gasteiger partial charge on any atom is -0.473 e. The zero-order valence-electron chi connectivity index (χ0n) is 19.2. The van der Waals surface area contributed by atoms with Crippen molar-refractivity contribution < 1.29 is 18.3 Å². The molecular formula is C29H25F2N2O2. The maximum Gasteiger partial charge on any atom is 0.225 e. The second-order valence-electron chi connectivity index (χ2n) is 8.61. The first kappa shape index (κ1) is 22.8. The molecule has 1 aliphatic heterocycles. The first-order valence-electron chi connectivity index (χ1n) is 11.5. The van der Waals surface area contributed by atoms with Crippen LogP contribution in [0.25, 0.3) is 11.1 Å². The van der Waals surface area contributed by atoms with Gasteiger partial charge in [0.15, 0.2) is 0 Å². The highest BCUT2D eigenvalue weighted by atomic mass is 19.1. The van der Waals surface area contributed by atoms with Crippen LogP contribution in [-0.4, -0.2) is 18.1 Å². The van der Waals surface area contributed by atoms with E-state index in [1.165, 1.54) is 12.1 Å². The molecule has 35 heavy (non-hydrogen) atoms. The number of anilines is 1. The summed E-state index contributed by atoms with van der Waals surface area (Å²) in [5.41, 5.74) is 2.45. The molecule has 0 bridgehead atoms. The van der Waals surface area contributed by atoms with Crippen LogP contribution in [0.15, 0.2) is 84.9 Å². The molecule has 4 nitrogen and oxygen atoms in total. The Kier molecular flexibility index (Phi) is 6.62. The third-order valence-corrected chi connectivity index (χ3v) is 5.90. The third kappa shape index (κ3) is 5.27. The van der Waals surface area contributed by atoms with Crippen molar-refractivity contribution in [2.24, 2.45) is 5.92 Å². The van der Waals surface area contributed by atoms with Crippen molar-refractivity contribution >= 4 is 5.69 Å². The molecule has 0 amide bonds. The fraction of sp³-hybridized carbons (Fsp3) is 0.172. The highest BCUT2D eigenvalue weighted by Gasteiger charge is 2.26. The number of pyridine rings is 1. The highest BCUT2D eigenvalue weighted by molar-refractivity contribution is 5.72. The van der Waals surface area contributed by atoms with Crippen molar-refractivity contribution in [1.82, 2.24) is 4.98 Å². The minimum absolute atomic E-state index is 0.103. The largest absolute Gasteiger partial charge is 0.473 e. The Hall–Kier alpha value is -3.93. The fourth-order valence-electron chi connectivity index (χ4n) is 4.04.